The molecule has 0 heterocycles. The van der Waals surface area contributed by atoms with Crippen LogP contribution in [0.25, 0.3) is 0 Å². The van der Waals surface area contributed by atoms with Gasteiger partial charge in [0.1, 0.15) is 0 Å². The van der Waals surface area contributed by atoms with E-state index in [1.807, 2.05) is 0 Å². The molecule has 1 heteroatoms. The van der Waals surface area contributed by atoms with E-state index in [-0.39, 0.29) is 6.61 Å². The number of rotatable bonds is 16. The van der Waals surface area contributed by atoms with E-state index in [1.54, 1.807) is 0 Å². The van der Waals surface area contributed by atoms with Gasteiger partial charge in [-0.1, -0.05) is 104 Å². The highest BCUT2D eigenvalue weighted by Crippen LogP contribution is 2.14. The predicted octanol–water partition coefficient (Wildman–Crippen LogP) is 6.92. The van der Waals surface area contributed by atoms with E-state index in [9.17, 15) is 5.11 Å². The fourth-order valence-electron chi connectivity index (χ4n) is 2.77. The molecule has 1 radical (unpaired) electrons. The van der Waals surface area contributed by atoms with E-state index in [4.69, 9.17) is 0 Å². The largest absolute Gasteiger partial charge is 0.236 e. The molecule has 0 saturated heterocycles. The predicted molar refractivity (Wildman–Crippen MR) is 89.6 cm³/mol. The van der Waals surface area contributed by atoms with E-state index in [0.717, 1.165) is 6.42 Å². The van der Waals surface area contributed by atoms with Crippen LogP contribution in [0.1, 0.15) is 110 Å². The van der Waals surface area contributed by atoms with Gasteiger partial charge in [0.05, 0.1) is 6.61 Å². The first-order chi connectivity index (χ1) is 9.81. The summed E-state index contributed by atoms with van der Waals surface area (Å²) in [5.41, 5.74) is 0. The summed E-state index contributed by atoms with van der Waals surface area (Å²) in [5, 5.41) is 10.6. The van der Waals surface area contributed by atoms with E-state index in [1.165, 1.54) is 89.9 Å². The quantitative estimate of drug-likeness (QED) is 0.274. The van der Waals surface area contributed by atoms with Gasteiger partial charge in [-0.3, -0.25) is 0 Å². The maximum Gasteiger partial charge on any atom is 0.0847 e. The molecule has 0 N–H and O–H groups in total. The summed E-state index contributed by atoms with van der Waals surface area (Å²) in [5.74, 6) is 0.396. The SMILES string of the molecule is CCCCCCCCCCCCCCCCC(C)C[O]. The van der Waals surface area contributed by atoms with Crippen LogP contribution in [0.3, 0.4) is 0 Å². The van der Waals surface area contributed by atoms with Gasteiger partial charge in [0, 0.05) is 0 Å². The average Bonchev–Trinajstić information content (AvgIpc) is 2.47. The lowest BCUT2D eigenvalue weighted by Gasteiger charge is -2.06. The van der Waals surface area contributed by atoms with Crippen LogP contribution < -0.4 is 0 Å². The van der Waals surface area contributed by atoms with Crippen molar-refractivity contribution in [1.29, 1.82) is 0 Å². The van der Waals surface area contributed by atoms with Gasteiger partial charge in [-0.25, -0.2) is 5.11 Å². The lowest BCUT2D eigenvalue weighted by Crippen LogP contribution is -1.98. The van der Waals surface area contributed by atoms with E-state index >= 15 is 0 Å². The highest BCUT2D eigenvalue weighted by molar-refractivity contribution is 4.52. The molecule has 0 aromatic rings. The summed E-state index contributed by atoms with van der Waals surface area (Å²) in [7, 11) is 0. The van der Waals surface area contributed by atoms with Crippen molar-refractivity contribution < 1.29 is 5.11 Å². The first-order valence-corrected chi connectivity index (χ1v) is 9.39. The Morgan fingerprint density at radius 2 is 0.950 bits per heavy atom. The number of hydrogen-bond donors (Lipinski definition) is 0. The Labute approximate surface area is 128 Å². The Balaban J connectivity index is 2.96. The van der Waals surface area contributed by atoms with Crippen molar-refractivity contribution in [2.24, 2.45) is 5.92 Å². The summed E-state index contributed by atoms with van der Waals surface area (Å²) < 4.78 is 0. The summed E-state index contributed by atoms with van der Waals surface area (Å²) in [6.45, 7) is 4.47. The molecule has 121 valence electrons. The zero-order valence-electron chi connectivity index (χ0n) is 14.3. The van der Waals surface area contributed by atoms with Crippen LogP contribution in [0.2, 0.25) is 0 Å². The minimum absolute atomic E-state index is 0.110. The standard InChI is InChI=1S/C19H39O/c1-3-4-5-6-7-8-9-10-11-12-13-14-15-16-17-19(2)18-20/h19H,3-18H2,1-2H3. The van der Waals surface area contributed by atoms with E-state index in [0.29, 0.717) is 5.92 Å². The zero-order chi connectivity index (χ0) is 14.9. The molecule has 0 spiro atoms. The van der Waals surface area contributed by atoms with Crippen molar-refractivity contribution in [2.75, 3.05) is 6.61 Å². The maximum atomic E-state index is 10.6. The van der Waals surface area contributed by atoms with Crippen molar-refractivity contribution in [3.8, 4) is 0 Å². The minimum atomic E-state index is 0.110. The molecule has 0 aliphatic carbocycles. The molecule has 0 aliphatic rings. The second kappa shape index (κ2) is 17.0. The minimum Gasteiger partial charge on any atom is -0.236 e. The zero-order valence-corrected chi connectivity index (χ0v) is 14.3. The molecule has 1 atom stereocenters. The summed E-state index contributed by atoms with van der Waals surface area (Å²) in [6, 6.07) is 0. The monoisotopic (exact) mass is 283 g/mol. The smallest absolute Gasteiger partial charge is 0.0847 e. The molecule has 0 aliphatic heterocycles. The Morgan fingerprint density at radius 1 is 0.600 bits per heavy atom. The van der Waals surface area contributed by atoms with Crippen LogP contribution in [0.4, 0.5) is 0 Å². The van der Waals surface area contributed by atoms with Crippen molar-refractivity contribution in [1.82, 2.24) is 0 Å². The molecule has 0 saturated carbocycles. The fourth-order valence-corrected chi connectivity index (χ4v) is 2.77. The van der Waals surface area contributed by atoms with Crippen LogP contribution in [-0.4, -0.2) is 6.61 Å². The maximum absolute atomic E-state index is 10.6. The van der Waals surface area contributed by atoms with Crippen LogP contribution in [0.5, 0.6) is 0 Å². The molecule has 0 aromatic heterocycles. The molecular formula is C19H39O. The molecule has 0 aromatic carbocycles. The third kappa shape index (κ3) is 16.0. The highest BCUT2D eigenvalue weighted by Gasteiger charge is 2.00. The molecule has 0 rings (SSSR count). The van der Waals surface area contributed by atoms with Gasteiger partial charge in [-0.15, -0.1) is 0 Å². The highest BCUT2D eigenvalue weighted by atomic mass is 16.3. The van der Waals surface area contributed by atoms with Crippen molar-refractivity contribution in [3.63, 3.8) is 0 Å². The second-order valence-corrected chi connectivity index (χ2v) is 6.66. The molecule has 1 nitrogen and oxygen atoms in total. The second-order valence-electron chi connectivity index (χ2n) is 6.66. The molecular weight excluding hydrogens is 244 g/mol. The molecule has 0 bridgehead atoms. The first kappa shape index (κ1) is 20.0. The third-order valence-corrected chi connectivity index (χ3v) is 4.33. The summed E-state index contributed by atoms with van der Waals surface area (Å²) in [6.07, 6.45) is 20.9. The van der Waals surface area contributed by atoms with Gasteiger partial charge in [-0.05, 0) is 12.3 Å². The normalized spacial score (nSPS) is 12.8. The van der Waals surface area contributed by atoms with Crippen LogP contribution >= 0.6 is 0 Å². The van der Waals surface area contributed by atoms with Crippen LogP contribution in [0.15, 0.2) is 0 Å². The molecule has 1 unspecified atom stereocenters. The molecule has 20 heavy (non-hydrogen) atoms. The van der Waals surface area contributed by atoms with Gasteiger partial charge < -0.3 is 0 Å². The molecule has 0 fully saturated rings. The van der Waals surface area contributed by atoms with Crippen LogP contribution in [0, 0.1) is 5.92 Å². The Hall–Kier alpha value is -0.0400. The van der Waals surface area contributed by atoms with Crippen molar-refractivity contribution in [3.05, 3.63) is 0 Å². The number of hydrogen-bond acceptors (Lipinski definition) is 0. The van der Waals surface area contributed by atoms with Gasteiger partial charge >= 0.3 is 0 Å². The van der Waals surface area contributed by atoms with Gasteiger partial charge in [0.2, 0.25) is 0 Å². The van der Waals surface area contributed by atoms with Crippen LogP contribution in [-0.2, 0) is 5.11 Å². The third-order valence-electron chi connectivity index (χ3n) is 4.33. The lowest BCUT2D eigenvalue weighted by atomic mass is 10.0. The summed E-state index contributed by atoms with van der Waals surface area (Å²) >= 11 is 0. The van der Waals surface area contributed by atoms with E-state index < -0.39 is 0 Å². The van der Waals surface area contributed by atoms with Crippen molar-refractivity contribution in [2.45, 2.75) is 110 Å². The Morgan fingerprint density at radius 3 is 1.30 bits per heavy atom. The molecule has 0 amide bonds. The van der Waals surface area contributed by atoms with Gasteiger partial charge in [0.15, 0.2) is 0 Å². The van der Waals surface area contributed by atoms with E-state index in [2.05, 4.69) is 13.8 Å². The average molecular weight is 284 g/mol. The van der Waals surface area contributed by atoms with Crippen molar-refractivity contribution >= 4 is 0 Å². The Kier molecular flexibility index (Phi) is 17.0. The number of unbranched alkanes of at least 4 members (excludes halogenated alkanes) is 13. The van der Waals surface area contributed by atoms with Gasteiger partial charge in [-0.2, -0.15) is 0 Å². The summed E-state index contributed by atoms with van der Waals surface area (Å²) in [4.78, 5) is 0. The first-order valence-electron chi connectivity index (χ1n) is 9.39. The van der Waals surface area contributed by atoms with Gasteiger partial charge in [0.25, 0.3) is 0 Å². The Bertz CT molecular complexity index is 167. The fraction of sp³-hybridized carbons (Fsp3) is 1.00. The lowest BCUT2D eigenvalue weighted by molar-refractivity contribution is 0.145. The topological polar surface area (TPSA) is 19.9 Å².